The van der Waals surface area contributed by atoms with Crippen molar-refractivity contribution in [1.29, 1.82) is 0 Å². The Hall–Kier alpha value is -6.62. The number of ketones is 2. The monoisotopic (exact) mass is 649 g/mol. The molecular formula is C38H23N3O8. The van der Waals surface area contributed by atoms with Crippen LogP contribution in [0.2, 0.25) is 0 Å². The van der Waals surface area contributed by atoms with Gasteiger partial charge in [-0.2, -0.15) is 0 Å². The molecule has 0 saturated carbocycles. The molecule has 1 aliphatic carbocycles. The number of rotatable bonds is 7. The number of pyridine rings is 1. The summed E-state index contributed by atoms with van der Waals surface area (Å²) in [7, 11) is 0. The molecule has 8 rings (SSSR count). The van der Waals surface area contributed by atoms with Crippen LogP contribution in [0.4, 0.5) is 5.69 Å². The topological polar surface area (TPSA) is 148 Å². The highest BCUT2D eigenvalue weighted by Crippen LogP contribution is 2.37. The zero-order chi connectivity index (χ0) is 34.0. The van der Waals surface area contributed by atoms with Crippen LogP contribution in [0.5, 0.6) is 0 Å². The van der Waals surface area contributed by atoms with Crippen molar-refractivity contribution in [3.05, 3.63) is 142 Å². The second kappa shape index (κ2) is 11.3. The van der Waals surface area contributed by atoms with E-state index < -0.39 is 47.1 Å². The van der Waals surface area contributed by atoms with Crippen LogP contribution in [0.15, 0.2) is 97.1 Å². The number of benzene rings is 4. The van der Waals surface area contributed by atoms with Gasteiger partial charge in [0.2, 0.25) is 0 Å². The van der Waals surface area contributed by atoms with E-state index in [9.17, 15) is 33.6 Å². The number of amides is 4. The Morgan fingerprint density at radius 1 is 0.633 bits per heavy atom. The fourth-order valence-corrected chi connectivity index (χ4v) is 6.60. The van der Waals surface area contributed by atoms with Crippen LogP contribution >= 0.6 is 0 Å². The molecule has 4 aromatic carbocycles. The van der Waals surface area contributed by atoms with Crippen LogP contribution in [0.1, 0.15) is 90.5 Å². The summed E-state index contributed by atoms with van der Waals surface area (Å²) in [6, 6.07) is 25.4. The van der Waals surface area contributed by atoms with E-state index in [-0.39, 0.29) is 64.3 Å². The van der Waals surface area contributed by atoms with Gasteiger partial charge in [-0.25, -0.2) is 14.7 Å². The quantitative estimate of drug-likeness (QED) is 0.102. The summed E-state index contributed by atoms with van der Waals surface area (Å²) in [6.07, 6.45) is 0.206. The average molecular weight is 650 g/mol. The SMILES string of the molecule is O=C(OCCCN1C(=O)c2ccccc2C1=O)c1ccc2c(c1)C(=O)C(c1ccc3cccc(N4C(=O)c5ccccc5C4=O)c3n1)C2=O. The molecule has 238 valence electrons. The van der Waals surface area contributed by atoms with Crippen LogP contribution in [0, 0.1) is 0 Å². The smallest absolute Gasteiger partial charge is 0.338 e. The van der Waals surface area contributed by atoms with E-state index in [1.54, 1.807) is 78.9 Å². The summed E-state index contributed by atoms with van der Waals surface area (Å²) < 4.78 is 5.36. The number of Topliss-reactive ketones (excluding diaryl/α,β-unsaturated/α-hetero) is 2. The number of esters is 1. The van der Waals surface area contributed by atoms with E-state index in [2.05, 4.69) is 4.98 Å². The van der Waals surface area contributed by atoms with Gasteiger partial charge in [-0.05, 0) is 61.0 Å². The third kappa shape index (κ3) is 4.58. The number of fused-ring (bicyclic) bond motifs is 4. The molecule has 0 bridgehead atoms. The number of hydrogen-bond donors (Lipinski definition) is 0. The Kier molecular flexibility index (Phi) is 6.84. The number of imide groups is 2. The van der Waals surface area contributed by atoms with Gasteiger partial charge in [0.25, 0.3) is 23.6 Å². The Morgan fingerprint density at radius 3 is 1.90 bits per heavy atom. The largest absolute Gasteiger partial charge is 0.462 e. The van der Waals surface area contributed by atoms with Crippen molar-refractivity contribution in [2.24, 2.45) is 0 Å². The van der Waals surface area contributed by atoms with E-state index >= 15 is 0 Å². The lowest BCUT2D eigenvalue weighted by Gasteiger charge is -2.17. The first-order chi connectivity index (χ1) is 23.7. The molecule has 0 saturated heterocycles. The molecule has 2 aliphatic heterocycles. The van der Waals surface area contributed by atoms with Gasteiger partial charge in [-0.15, -0.1) is 0 Å². The first-order valence-electron chi connectivity index (χ1n) is 15.5. The zero-order valence-electron chi connectivity index (χ0n) is 25.5. The molecule has 11 heteroatoms. The Balaban J connectivity index is 0.992. The van der Waals surface area contributed by atoms with Crippen LogP contribution in [-0.2, 0) is 4.74 Å². The summed E-state index contributed by atoms with van der Waals surface area (Å²) in [5.74, 6) is -4.86. The van der Waals surface area contributed by atoms with Gasteiger partial charge in [-0.3, -0.25) is 33.7 Å². The molecule has 11 nitrogen and oxygen atoms in total. The lowest BCUT2D eigenvalue weighted by molar-refractivity contribution is 0.0481. The minimum absolute atomic E-state index is 0.0472. The maximum atomic E-state index is 13.7. The third-order valence-electron chi connectivity index (χ3n) is 9.00. The second-order valence-corrected chi connectivity index (χ2v) is 11.8. The molecule has 4 amide bonds. The molecule has 3 aliphatic rings. The molecule has 0 fully saturated rings. The van der Waals surface area contributed by atoms with Gasteiger partial charge >= 0.3 is 5.97 Å². The number of aromatic nitrogens is 1. The van der Waals surface area contributed by atoms with E-state index in [1.165, 1.54) is 18.2 Å². The zero-order valence-corrected chi connectivity index (χ0v) is 25.5. The third-order valence-corrected chi connectivity index (χ3v) is 9.00. The highest BCUT2D eigenvalue weighted by Gasteiger charge is 2.42. The standard InChI is InChI=1S/C38H23N3O8/c42-32-22-15-13-21(38(48)49-18-6-17-40-34(44)23-8-1-2-9-24(23)35(40)45)19-27(22)33(43)30(32)28-16-14-20-7-5-12-29(31(20)39-28)41-36(46)25-10-3-4-11-26(25)37(41)47/h1-5,7-16,19,30H,6,17-18H2. The minimum atomic E-state index is -1.29. The van der Waals surface area contributed by atoms with Crippen LogP contribution < -0.4 is 4.90 Å². The van der Waals surface area contributed by atoms with Crippen LogP contribution in [0.25, 0.3) is 10.9 Å². The lowest BCUT2D eigenvalue weighted by Crippen LogP contribution is -2.31. The fraction of sp³-hybridized carbons (Fsp3) is 0.105. The van der Waals surface area contributed by atoms with Crippen molar-refractivity contribution in [3.8, 4) is 0 Å². The van der Waals surface area contributed by atoms with Gasteiger partial charge in [-0.1, -0.05) is 42.5 Å². The number of hydrogen-bond acceptors (Lipinski definition) is 9. The van der Waals surface area contributed by atoms with E-state index in [1.807, 2.05) is 0 Å². The molecule has 1 aromatic heterocycles. The summed E-state index contributed by atoms with van der Waals surface area (Å²) in [6.45, 7) is -0.0265. The normalized spacial score (nSPS) is 16.4. The number of nitrogens with zero attached hydrogens (tertiary/aromatic N) is 3. The maximum absolute atomic E-state index is 13.7. The van der Waals surface area contributed by atoms with E-state index in [0.29, 0.717) is 16.5 Å². The van der Waals surface area contributed by atoms with Crippen molar-refractivity contribution in [2.75, 3.05) is 18.1 Å². The second-order valence-electron chi connectivity index (χ2n) is 11.8. The highest BCUT2D eigenvalue weighted by atomic mass is 16.5. The number of ether oxygens (including phenoxy) is 1. The van der Waals surface area contributed by atoms with Crippen molar-refractivity contribution < 1.29 is 38.3 Å². The number of carbonyl (C=O) groups is 7. The molecule has 49 heavy (non-hydrogen) atoms. The Bertz CT molecular complexity index is 2290. The first-order valence-corrected chi connectivity index (χ1v) is 15.5. The predicted octanol–water partition coefficient (Wildman–Crippen LogP) is 5.04. The molecular weight excluding hydrogens is 626 g/mol. The van der Waals surface area contributed by atoms with E-state index in [0.717, 1.165) is 9.80 Å². The number of carbonyl (C=O) groups excluding carboxylic acids is 7. The van der Waals surface area contributed by atoms with Crippen molar-refractivity contribution in [2.45, 2.75) is 12.3 Å². The Morgan fingerprint density at radius 2 is 1.24 bits per heavy atom. The van der Waals surface area contributed by atoms with Gasteiger partial charge in [0.05, 0.1) is 51.3 Å². The Labute approximate surface area is 277 Å². The lowest BCUT2D eigenvalue weighted by atomic mass is 9.98. The molecule has 0 N–H and O–H groups in total. The summed E-state index contributed by atoms with van der Waals surface area (Å²) in [4.78, 5) is 98.5. The van der Waals surface area contributed by atoms with Gasteiger partial charge in [0.1, 0.15) is 5.92 Å². The average Bonchev–Trinajstić information content (AvgIpc) is 3.64. The molecule has 5 aromatic rings. The fourth-order valence-electron chi connectivity index (χ4n) is 6.60. The van der Waals surface area contributed by atoms with Crippen molar-refractivity contribution in [1.82, 2.24) is 9.88 Å². The molecule has 3 heterocycles. The molecule has 1 atom stereocenters. The maximum Gasteiger partial charge on any atom is 0.338 e. The van der Waals surface area contributed by atoms with Gasteiger partial charge < -0.3 is 4.74 Å². The first kappa shape index (κ1) is 29.8. The van der Waals surface area contributed by atoms with Crippen molar-refractivity contribution in [3.63, 3.8) is 0 Å². The minimum Gasteiger partial charge on any atom is -0.462 e. The van der Waals surface area contributed by atoms with Crippen LogP contribution in [0.3, 0.4) is 0 Å². The van der Waals surface area contributed by atoms with E-state index in [4.69, 9.17) is 4.74 Å². The van der Waals surface area contributed by atoms with Gasteiger partial charge in [0, 0.05) is 23.1 Å². The summed E-state index contributed by atoms with van der Waals surface area (Å²) in [5.41, 5.74) is 2.10. The van der Waals surface area contributed by atoms with Gasteiger partial charge in [0.15, 0.2) is 11.6 Å². The summed E-state index contributed by atoms with van der Waals surface area (Å²) >= 11 is 0. The molecule has 1 unspecified atom stereocenters. The van der Waals surface area contributed by atoms with Crippen LogP contribution in [-0.4, -0.2) is 64.2 Å². The number of para-hydroxylation sites is 1. The molecule has 0 spiro atoms. The predicted molar refractivity (Wildman–Crippen MR) is 174 cm³/mol. The molecule has 0 radical (unpaired) electrons. The summed E-state index contributed by atoms with van der Waals surface area (Å²) in [5, 5.41) is 0.598. The van der Waals surface area contributed by atoms with Crippen molar-refractivity contribution >= 4 is 57.8 Å². The highest BCUT2D eigenvalue weighted by molar-refractivity contribution is 6.36. The number of anilines is 1.